The summed E-state index contributed by atoms with van der Waals surface area (Å²) in [5, 5.41) is 3.03. The first-order valence-electron chi connectivity index (χ1n) is 5.25. The van der Waals surface area contributed by atoms with Crippen molar-refractivity contribution in [2.24, 2.45) is 0 Å². The summed E-state index contributed by atoms with van der Waals surface area (Å²) in [6.45, 7) is 11.4. The molecule has 1 aromatic carbocycles. The smallest absolute Gasteiger partial charge is 0.376 e. The zero-order valence-electron chi connectivity index (χ0n) is 10.9. The van der Waals surface area contributed by atoms with Crippen LogP contribution in [-0.4, -0.2) is 13.1 Å². The zero-order chi connectivity index (χ0) is 13.1. The molecular formula is C14H26I2NY. The minimum atomic E-state index is 0. The van der Waals surface area contributed by atoms with Crippen LogP contribution in [0.5, 0.6) is 0 Å². The first-order valence-corrected chi connectivity index (χ1v) is 11.5. The van der Waals surface area contributed by atoms with Gasteiger partial charge in [0, 0.05) is 37.2 Å². The van der Waals surface area contributed by atoms with Gasteiger partial charge in [-0.3, -0.25) is 0 Å². The molecule has 1 nitrogen and oxygen atoms in total. The predicted octanol–water partition coefficient (Wildman–Crippen LogP) is 5.55. The summed E-state index contributed by atoms with van der Waals surface area (Å²) in [6.07, 6.45) is 2.06. The first kappa shape index (κ1) is 31.9. The maximum Gasteiger partial charge on any atom is 3.00 e. The third-order valence-electron chi connectivity index (χ3n) is 1.13. The number of rotatable bonds is 3. The van der Waals surface area contributed by atoms with E-state index >= 15 is 0 Å². The monoisotopic (exact) mass is 551 g/mol. The van der Waals surface area contributed by atoms with E-state index in [9.17, 15) is 0 Å². The summed E-state index contributed by atoms with van der Waals surface area (Å²) in [6, 6.07) is 12.5. The van der Waals surface area contributed by atoms with Crippen LogP contribution >= 0.6 is 37.2 Å². The van der Waals surface area contributed by atoms with Crippen LogP contribution in [0.15, 0.2) is 30.3 Å². The fourth-order valence-corrected chi connectivity index (χ4v) is 0.588. The van der Waals surface area contributed by atoms with Crippen molar-refractivity contribution in [3.8, 4) is 0 Å². The van der Waals surface area contributed by atoms with Crippen molar-refractivity contribution in [1.82, 2.24) is 5.32 Å². The van der Waals surface area contributed by atoms with Gasteiger partial charge in [0.25, 0.3) is 0 Å². The van der Waals surface area contributed by atoms with Crippen molar-refractivity contribution in [3.63, 3.8) is 0 Å². The fourth-order valence-electron chi connectivity index (χ4n) is 0.588. The zero-order valence-corrected chi connectivity index (χ0v) is 18.1. The standard InChI is InChI=1S/C6H5.C5H11N.C2H6.CH4.I2.Y/c1-2-4-6-5-3-1;1-3-5-6-4-2;1-2;;1-2;/h1-5H;3,6H,2,4-5H2,1H3;1-2H3;1H4;;/q-1;-2;;;;+3. The molecule has 0 unspecified atom stereocenters. The maximum absolute atomic E-state index is 3.59. The van der Waals surface area contributed by atoms with Crippen molar-refractivity contribution in [2.45, 2.75) is 28.2 Å². The van der Waals surface area contributed by atoms with Crippen LogP contribution in [0.25, 0.3) is 0 Å². The van der Waals surface area contributed by atoms with E-state index in [0.717, 1.165) is 13.1 Å². The molecule has 0 amide bonds. The molecule has 18 heavy (non-hydrogen) atoms. The molecule has 1 N–H and O–H groups in total. The van der Waals surface area contributed by atoms with Gasteiger partial charge in [0.15, 0.2) is 0 Å². The number of halogens is 2. The van der Waals surface area contributed by atoms with E-state index in [1.165, 1.54) is 0 Å². The fraction of sp³-hybridized carbons (Fsp3) is 0.429. The molecule has 0 aliphatic carbocycles. The molecule has 104 valence electrons. The van der Waals surface area contributed by atoms with Crippen LogP contribution in [0.3, 0.4) is 0 Å². The Balaban J connectivity index is -0.0000000451. The third-order valence-corrected chi connectivity index (χ3v) is 1.13. The number of hydrogen-bond donors (Lipinski definition) is 1. The molecule has 0 saturated carbocycles. The van der Waals surface area contributed by atoms with Gasteiger partial charge in [-0.25, -0.2) is 0 Å². The molecule has 0 fully saturated rings. The van der Waals surface area contributed by atoms with Gasteiger partial charge < -0.3 is 18.7 Å². The second-order valence-electron chi connectivity index (χ2n) is 2.19. The van der Waals surface area contributed by atoms with Gasteiger partial charge in [0.1, 0.15) is 0 Å². The normalized spacial score (nSPS) is 6.33. The summed E-state index contributed by atoms with van der Waals surface area (Å²) in [4.78, 5) is 0. The first-order chi connectivity index (χ1) is 7.91. The molecule has 0 radical (unpaired) electrons. The molecule has 0 aromatic heterocycles. The quantitative estimate of drug-likeness (QED) is 0.295. The van der Waals surface area contributed by atoms with Crippen molar-refractivity contribution in [1.29, 1.82) is 0 Å². The number of benzene rings is 1. The SMILES string of the molecule is C.CC.II.[CH2-]CNC[CH-]C.[Y+3].[c-]1ccccc1. The van der Waals surface area contributed by atoms with Gasteiger partial charge >= 0.3 is 32.7 Å². The Morgan fingerprint density at radius 2 is 1.61 bits per heavy atom. The summed E-state index contributed by atoms with van der Waals surface area (Å²) >= 11 is 4.24. The van der Waals surface area contributed by atoms with Gasteiger partial charge in [-0.15, -0.1) is 13.1 Å². The molecule has 0 saturated heterocycles. The van der Waals surface area contributed by atoms with Crippen LogP contribution in [0.1, 0.15) is 28.2 Å². The van der Waals surface area contributed by atoms with Crippen LogP contribution in [0.2, 0.25) is 0 Å². The topological polar surface area (TPSA) is 12.0 Å². The maximum atomic E-state index is 3.59. The Hall–Kier alpha value is 1.74. The molecule has 0 spiro atoms. The van der Waals surface area contributed by atoms with E-state index in [1.807, 2.05) is 51.1 Å². The molecule has 0 heterocycles. The van der Waals surface area contributed by atoms with Crippen molar-refractivity contribution >= 4 is 37.2 Å². The van der Waals surface area contributed by atoms with E-state index in [4.69, 9.17) is 0 Å². The number of hydrogen-bond acceptors (Lipinski definition) is 1. The Labute approximate surface area is 164 Å². The van der Waals surface area contributed by atoms with Gasteiger partial charge in [-0.05, 0) is 0 Å². The molecule has 0 atom stereocenters. The van der Waals surface area contributed by atoms with Crippen LogP contribution in [0, 0.1) is 19.4 Å². The second-order valence-corrected chi connectivity index (χ2v) is 2.19. The van der Waals surface area contributed by atoms with Crippen molar-refractivity contribution in [2.75, 3.05) is 13.1 Å². The van der Waals surface area contributed by atoms with Crippen LogP contribution < -0.4 is 5.32 Å². The minimum absolute atomic E-state index is 0. The molecule has 1 rings (SSSR count). The molecular weight excluding hydrogens is 525 g/mol. The van der Waals surface area contributed by atoms with Gasteiger partial charge in [-0.2, -0.15) is 43.3 Å². The molecule has 1 aromatic rings. The Morgan fingerprint density at radius 3 is 1.72 bits per heavy atom. The molecule has 0 aliphatic heterocycles. The summed E-state index contributed by atoms with van der Waals surface area (Å²) in [5.74, 6) is 0. The minimum Gasteiger partial charge on any atom is -0.376 e. The molecule has 0 aliphatic rings. The van der Waals surface area contributed by atoms with Gasteiger partial charge in [0.2, 0.25) is 0 Å². The largest absolute Gasteiger partial charge is 3.00 e. The van der Waals surface area contributed by atoms with E-state index < -0.39 is 0 Å². The summed E-state index contributed by atoms with van der Waals surface area (Å²) in [5.41, 5.74) is 0. The van der Waals surface area contributed by atoms with E-state index in [2.05, 4.69) is 62.0 Å². The predicted molar refractivity (Wildman–Crippen MR) is 99.6 cm³/mol. The second kappa shape index (κ2) is 42.8. The Kier molecular flexibility index (Phi) is 75.9. The van der Waals surface area contributed by atoms with Gasteiger partial charge in [0.05, 0.1) is 0 Å². The third kappa shape index (κ3) is 43.1. The van der Waals surface area contributed by atoms with E-state index in [0.29, 0.717) is 0 Å². The van der Waals surface area contributed by atoms with Crippen molar-refractivity contribution < 1.29 is 32.7 Å². The Bertz CT molecular complexity index is 132. The molecule has 0 bridgehead atoms. The number of nitrogens with one attached hydrogen (secondary N) is 1. The van der Waals surface area contributed by atoms with Gasteiger partial charge in [-0.1, -0.05) is 21.3 Å². The van der Waals surface area contributed by atoms with E-state index in [1.54, 1.807) is 0 Å². The summed E-state index contributed by atoms with van der Waals surface area (Å²) < 4.78 is 0. The van der Waals surface area contributed by atoms with E-state index in [-0.39, 0.29) is 40.1 Å². The average Bonchev–Trinajstić information content (AvgIpc) is 2.43. The average molecular weight is 551 g/mol. The molecule has 4 heteroatoms. The Morgan fingerprint density at radius 1 is 1.17 bits per heavy atom. The van der Waals surface area contributed by atoms with Crippen molar-refractivity contribution in [3.05, 3.63) is 49.7 Å². The summed E-state index contributed by atoms with van der Waals surface area (Å²) in [7, 11) is 0. The van der Waals surface area contributed by atoms with Crippen LogP contribution in [-0.2, 0) is 32.7 Å². The van der Waals surface area contributed by atoms with Crippen LogP contribution in [0.4, 0.5) is 0 Å².